The number of aromatic nitrogens is 2. The second-order valence-corrected chi connectivity index (χ2v) is 12.7. The second-order valence-electron chi connectivity index (χ2n) is 12.7. The maximum atomic E-state index is 2.92. The predicted octanol–water partition coefficient (Wildman–Crippen LogP) is 8.81. The van der Waals surface area contributed by atoms with Crippen LogP contribution >= 0.6 is 0 Å². The maximum absolute atomic E-state index is 2.92. The monoisotopic (exact) mass is 447 g/mol. The first-order valence-corrected chi connectivity index (χ1v) is 13.8. The van der Waals surface area contributed by atoms with Crippen LogP contribution in [0.3, 0.4) is 0 Å². The van der Waals surface area contributed by atoms with Crippen molar-refractivity contribution in [1.82, 2.24) is 4.57 Å². The van der Waals surface area contributed by atoms with Gasteiger partial charge in [0.1, 0.15) is 5.54 Å². The van der Waals surface area contributed by atoms with Crippen molar-refractivity contribution in [2.45, 2.75) is 171 Å². The van der Waals surface area contributed by atoms with E-state index in [1.807, 2.05) is 0 Å². The second kappa shape index (κ2) is 9.83. The Morgan fingerprint density at radius 2 is 1.00 bits per heavy atom. The Kier molecular flexibility index (Phi) is 8.98. The molecule has 0 bridgehead atoms. The minimum absolute atomic E-state index is 0.0546. The molecule has 1 heterocycles. The lowest BCUT2D eigenvalue weighted by atomic mass is 9.65. The number of imidazole rings is 1. The molecule has 188 valence electrons. The van der Waals surface area contributed by atoms with Gasteiger partial charge in [-0.3, -0.25) is 0 Å². The van der Waals surface area contributed by atoms with E-state index in [0.29, 0.717) is 0 Å². The Morgan fingerprint density at radius 3 is 1.31 bits per heavy atom. The minimum Gasteiger partial charge on any atom is -0.230 e. The fourth-order valence-electron chi connectivity index (χ4n) is 5.69. The molecule has 2 nitrogen and oxygen atoms in total. The molecule has 0 saturated carbocycles. The van der Waals surface area contributed by atoms with Crippen molar-refractivity contribution in [3.05, 3.63) is 17.2 Å². The van der Waals surface area contributed by atoms with Gasteiger partial charge in [0.05, 0.1) is 12.0 Å². The van der Waals surface area contributed by atoms with Crippen LogP contribution in [0, 0.1) is 5.41 Å². The van der Waals surface area contributed by atoms with E-state index in [2.05, 4.69) is 113 Å². The van der Waals surface area contributed by atoms with Crippen LogP contribution in [0.2, 0.25) is 0 Å². The largest absolute Gasteiger partial charge is 0.263 e. The van der Waals surface area contributed by atoms with Crippen molar-refractivity contribution < 1.29 is 4.57 Å². The molecule has 1 atom stereocenters. The quantitative estimate of drug-likeness (QED) is 0.283. The highest BCUT2D eigenvalue weighted by atomic mass is 15.2. The van der Waals surface area contributed by atoms with Crippen molar-refractivity contribution in [2.24, 2.45) is 5.41 Å². The Labute approximate surface area is 202 Å². The van der Waals surface area contributed by atoms with Crippen LogP contribution in [0.5, 0.6) is 0 Å². The van der Waals surface area contributed by atoms with Crippen LogP contribution in [0.1, 0.15) is 160 Å². The van der Waals surface area contributed by atoms with E-state index in [1.165, 1.54) is 12.8 Å². The van der Waals surface area contributed by atoms with E-state index < -0.39 is 0 Å². The molecule has 0 aromatic carbocycles. The van der Waals surface area contributed by atoms with Gasteiger partial charge < -0.3 is 0 Å². The zero-order chi connectivity index (χ0) is 25.3. The van der Waals surface area contributed by atoms with E-state index in [4.69, 9.17) is 0 Å². The molecule has 1 unspecified atom stereocenters. The molecule has 32 heavy (non-hydrogen) atoms. The Balaban J connectivity index is 4.57. The molecule has 0 radical (unpaired) electrons. The van der Waals surface area contributed by atoms with E-state index in [-0.39, 0.29) is 27.2 Å². The van der Waals surface area contributed by atoms with Gasteiger partial charge in [0, 0.05) is 16.2 Å². The van der Waals surface area contributed by atoms with Crippen LogP contribution in [0.4, 0.5) is 0 Å². The Morgan fingerprint density at radius 1 is 0.562 bits per heavy atom. The first-order valence-electron chi connectivity index (χ1n) is 13.8. The molecule has 2 heteroatoms. The number of hydrogen-bond acceptors (Lipinski definition) is 0. The number of nitrogens with zero attached hydrogens (tertiary/aromatic N) is 2. The lowest BCUT2D eigenvalue weighted by Crippen LogP contribution is -2.68. The van der Waals surface area contributed by atoms with Gasteiger partial charge >= 0.3 is 0 Å². The SMILES string of the molecule is CCn1c(C(C)(C)CC)c(C(C)(C)CC)[n+](C(C)(CC)C(C)(CC)CC)c1C(C)(C)CC. The molecule has 0 saturated heterocycles. The highest BCUT2D eigenvalue weighted by Crippen LogP contribution is 2.48. The van der Waals surface area contributed by atoms with E-state index in [1.54, 1.807) is 17.2 Å². The average Bonchev–Trinajstić information content (AvgIpc) is 3.16. The van der Waals surface area contributed by atoms with Crippen molar-refractivity contribution in [1.29, 1.82) is 0 Å². The van der Waals surface area contributed by atoms with E-state index in [9.17, 15) is 0 Å². The molecule has 1 aromatic rings. The van der Waals surface area contributed by atoms with E-state index >= 15 is 0 Å². The standard InChI is InChI=1S/C30H59N2/c1-16-26(8,9)23-24(27(10,11)17-2)32(25(31(23)22-7)28(12,13)18-3)30(15,21-6)29(14,19-4)20-5/h16-22H2,1-15H3/q+1. The van der Waals surface area contributed by atoms with Gasteiger partial charge in [-0.05, 0) is 66.2 Å². The van der Waals surface area contributed by atoms with Gasteiger partial charge in [0.25, 0.3) is 5.82 Å². The van der Waals surface area contributed by atoms with Crippen LogP contribution in [-0.4, -0.2) is 4.57 Å². The molecule has 0 aliphatic carbocycles. The zero-order valence-electron chi connectivity index (χ0n) is 24.8. The third-order valence-corrected chi connectivity index (χ3v) is 10.1. The molecular formula is C30H59N2+. The van der Waals surface area contributed by atoms with Crippen LogP contribution < -0.4 is 4.57 Å². The zero-order valence-corrected chi connectivity index (χ0v) is 24.8. The number of hydrogen-bond donors (Lipinski definition) is 0. The summed E-state index contributed by atoms with van der Waals surface area (Å²) < 4.78 is 5.67. The topological polar surface area (TPSA) is 8.81 Å². The molecule has 1 rings (SSSR count). The minimum atomic E-state index is 0.0546. The van der Waals surface area contributed by atoms with Gasteiger partial charge in [0.2, 0.25) is 0 Å². The maximum Gasteiger partial charge on any atom is 0.263 e. The van der Waals surface area contributed by atoms with Gasteiger partial charge in [-0.2, -0.15) is 0 Å². The Bertz CT molecular complexity index is 758. The third kappa shape index (κ3) is 4.46. The normalized spacial score (nSPS) is 15.8. The molecule has 0 N–H and O–H groups in total. The summed E-state index contributed by atoms with van der Waals surface area (Å²) in [6.07, 6.45) is 6.98. The Hall–Kier alpha value is -0.790. The van der Waals surface area contributed by atoms with Crippen LogP contribution in [0.15, 0.2) is 0 Å². The summed E-state index contributed by atoms with van der Waals surface area (Å²) in [6.45, 7) is 37.7. The van der Waals surface area contributed by atoms with Crippen LogP contribution in [0.25, 0.3) is 0 Å². The van der Waals surface area contributed by atoms with Gasteiger partial charge in [-0.25, -0.2) is 9.13 Å². The van der Waals surface area contributed by atoms with Crippen molar-refractivity contribution in [2.75, 3.05) is 0 Å². The van der Waals surface area contributed by atoms with E-state index in [0.717, 1.165) is 32.2 Å². The average molecular weight is 448 g/mol. The smallest absolute Gasteiger partial charge is 0.230 e. The van der Waals surface area contributed by atoms with Crippen LogP contribution in [-0.2, 0) is 28.3 Å². The number of rotatable bonds is 12. The molecule has 0 amide bonds. The highest BCUT2D eigenvalue weighted by molar-refractivity contribution is 5.29. The first-order chi connectivity index (χ1) is 14.6. The summed E-state index contributed by atoms with van der Waals surface area (Å²) in [5.74, 6) is 1.55. The molecule has 0 spiro atoms. The lowest BCUT2D eigenvalue weighted by Gasteiger charge is -2.46. The summed E-state index contributed by atoms with van der Waals surface area (Å²) in [6, 6.07) is 0. The summed E-state index contributed by atoms with van der Waals surface area (Å²) in [7, 11) is 0. The summed E-state index contributed by atoms with van der Waals surface area (Å²) in [5.41, 5.74) is 3.82. The molecule has 1 aromatic heterocycles. The van der Waals surface area contributed by atoms with Gasteiger partial charge in [-0.15, -0.1) is 0 Å². The molecule has 0 aliphatic heterocycles. The molecule has 0 fully saturated rings. The third-order valence-electron chi connectivity index (χ3n) is 10.1. The van der Waals surface area contributed by atoms with Gasteiger partial charge in [0.15, 0.2) is 11.4 Å². The lowest BCUT2D eigenvalue weighted by molar-refractivity contribution is -0.794. The van der Waals surface area contributed by atoms with Crippen molar-refractivity contribution in [3.8, 4) is 0 Å². The summed E-state index contributed by atoms with van der Waals surface area (Å²) in [4.78, 5) is 0. The van der Waals surface area contributed by atoms with Crippen molar-refractivity contribution in [3.63, 3.8) is 0 Å². The predicted molar refractivity (Wildman–Crippen MR) is 143 cm³/mol. The highest BCUT2D eigenvalue weighted by Gasteiger charge is 2.56. The molecule has 0 aliphatic rings. The van der Waals surface area contributed by atoms with Crippen molar-refractivity contribution >= 4 is 0 Å². The summed E-state index contributed by atoms with van der Waals surface area (Å²) in [5, 5.41) is 0. The summed E-state index contributed by atoms with van der Waals surface area (Å²) >= 11 is 0. The fraction of sp³-hybridized carbons (Fsp3) is 0.900. The first kappa shape index (κ1) is 29.2. The fourth-order valence-corrected chi connectivity index (χ4v) is 5.69. The van der Waals surface area contributed by atoms with Gasteiger partial charge in [-0.1, -0.05) is 76.2 Å². The molecular weight excluding hydrogens is 388 g/mol.